The van der Waals surface area contributed by atoms with Gasteiger partial charge in [-0.25, -0.2) is 13.1 Å². The van der Waals surface area contributed by atoms with Crippen LogP contribution in [0.25, 0.3) is 0 Å². The van der Waals surface area contributed by atoms with Gasteiger partial charge in [0.15, 0.2) is 0 Å². The van der Waals surface area contributed by atoms with Crippen molar-refractivity contribution in [3.63, 3.8) is 0 Å². The molecule has 2 rings (SSSR count). The molecular weight excluding hydrogens is 248 g/mol. The number of sulfonamides is 1. The molecule has 0 bridgehead atoms. The first-order valence-corrected chi connectivity index (χ1v) is 8.05. The molecule has 1 saturated heterocycles. The molecule has 4 nitrogen and oxygen atoms in total. The van der Waals surface area contributed by atoms with Gasteiger partial charge in [0.2, 0.25) is 10.0 Å². The van der Waals surface area contributed by atoms with E-state index in [9.17, 15) is 8.42 Å². The molecule has 5 heteroatoms. The molecule has 1 atom stereocenters. The topological polar surface area (TPSA) is 58.2 Å². The minimum Gasteiger partial charge on any atom is -0.314 e. The Morgan fingerprint density at radius 2 is 2.06 bits per heavy atom. The summed E-state index contributed by atoms with van der Waals surface area (Å²) >= 11 is 0. The summed E-state index contributed by atoms with van der Waals surface area (Å²) in [6.07, 6.45) is 3.22. The third kappa shape index (κ3) is 4.40. The summed E-state index contributed by atoms with van der Waals surface area (Å²) in [5.41, 5.74) is 0.823. The fourth-order valence-corrected chi connectivity index (χ4v) is 3.40. The predicted octanol–water partition coefficient (Wildman–Crippen LogP) is 1.25. The van der Waals surface area contributed by atoms with Gasteiger partial charge in [0.05, 0.1) is 5.75 Å². The van der Waals surface area contributed by atoms with E-state index in [1.807, 2.05) is 30.3 Å². The van der Waals surface area contributed by atoms with Crippen molar-refractivity contribution >= 4 is 10.0 Å². The van der Waals surface area contributed by atoms with Crippen molar-refractivity contribution < 1.29 is 8.42 Å². The van der Waals surface area contributed by atoms with Crippen molar-refractivity contribution in [2.24, 2.45) is 0 Å². The Balaban J connectivity index is 1.77. The maximum absolute atomic E-state index is 11.8. The minimum atomic E-state index is -3.20. The lowest BCUT2D eigenvalue weighted by molar-refractivity contribution is 0.539. The normalized spacial score (nSPS) is 20.1. The molecule has 1 heterocycles. The largest absolute Gasteiger partial charge is 0.314 e. The number of benzene rings is 1. The van der Waals surface area contributed by atoms with Crippen molar-refractivity contribution in [2.75, 3.05) is 13.1 Å². The highest BCUT2D eigenvalue weighted by Crippen LogP contribution is 2.08. The molecule has 1 aliphatic rings. The van der Waals surface area contributed by atoms with E-state index < -0.39 is 10.0 Å². The molecule has 0 saturated carbocycles. The van der Waals surface area contributed by atoms with E-state index in [0.29, 0.717) is 12.6 Å². The molecule has 0 radical (unpaired) electrons. The van der Waals surface area contributed by atoms with Crippen LogP contribution in [0.1, 0.15) is 24.8 Å². The zero-order chi connectivity index (χ0) is 12.8. The molecule has 1 aromatic rings. The lowest BCUT2D eigenvalue weighted by Gasteiger charge is -2.11. The minimum absolute atomic E-state index is 0.0614. The van der Waals surface area contributed by atoms with Crippen LogP contribution in [-0.2, 0) is 15.8 Å². The van der Waals surface area contributed by atoms with Crippen molar-refractivity contribution in [3.05, 3.63) is 35.9 Å². The summed E-state index contributed by atoms with van der Waals surface area (Å²) in [7, 11) is -3.20. The van der Waals surface area contributed by atoms with E-state index >= 15 is 0 Å². The zero-order valence-corrected chi connectivity index (χ0v) is 11.2. The van der Waals surface area contributed by atoms with Gasteiger partial charge in [0, 0.05) is 12.6 Å². The van der Waals surface area contributed by atoms with Gasteiger partial charge in [0.1, 0.15) is 0 Å². The van der Waals surface area contributed by atoms with Crippen molar-refractivity contribution in [3.8, 4) is 0 Å². The van der Waals surface area contributed by atoms with E-state index in [2.05, 4.69) is 10.0 Å². The van der Waals surface area contributed by atoms with Gasteiger partial charge in [-0.3, -0.25) is 0 Å². The van der Waals surface area contributed by atoms with Gasteiger partial charge in [-0.2, -0.15) is 0 Å². The maximum Gasteiger partial charge on any atom is 0.215 e. The third-order valence-electron chi connectivity index (χ3n) is 3.18. The molecule has 18 heavy (non-hydrogen) atoms. The van der Waals surface area contributed by atoms with Crippen molar-refractivity contribution in [1.82, 2.24) is 10.0 Å². The van der Waals surface area contributed by atoms with Crippen molar-refractivity contribution in [2.45, 2.75) is 31.1 Å². The summed E-state index contributed by atoms with van der Waals surface area (Å²) in [5.74, 6) is 0.0614. The highest BCUT2D eigenvalue weighted by molar-refractivity contribution is 7.88. The van der Waals surface area contributed by atoms with Gasteiger partial charge in [-0.05, 0) is 31.4 Å². The second kappa shape index (κ2) is 6.31. The Labute approximate surface area is 109 Å². The Hall–Kier alpha value is -0.910. The fourth-order valence-electron chi connectivity index (χ4n) is 2.24. The van der Waals surface area contributed by atoms with E-state index in [1.54, 1.807) is 0 Å². The summed E-state index contributed by atoms with van der Waals surface area (Å²) in [6, 6.07) is 9.73. The van der Waals surface area contributed by atoms with Crippen LogP contribution in [0.2, 0.25) is 0 Å². The molecule has 1 aliphatic heterocycles. The summed E-state index contributed by atoms with van der Waals surface area (Å²) in [6.45, 7) is 1.58. The van der Waals surface area contributed by atoms with Gasteiger partial charge >= 0.3 is 0 Å². The van der Waals surface area contributed by atoms with Crippen LogP contribution in [0, 0.1) is 0 Å². The average Bonchev–Trinajstić information content (AvgIpc) is 2.82. The molecule has 1 fully saturated rings. The van der Waals surface area contributed by atoms with Crippen LogP contribution >= 0.6 is 0 Å². The Morgan fingerprint density at radius 3 is 2.72 bits per heavy atom. The lowest BCUT2D eigenvalue weighted by atomic mass is 10.2. The van der Waals surface area contributed by atoms with Crippen LogP contribution < -0.4 is 10.0 Å². The maximum atomic E-state index is 11.8. The summed E-state index contributed by atoms with van der Waals surface area (Å²) in [4.78, 5) is 0. The molecule has 0 aliphatic carbocycles. The van der Waals surface area contributed by atoms with E-state index in [4.69, 9.17) is 0 Å². The van der Waals surface area contributed by atoms with Crippen LogP contribution in [0.4, 0.5) is 0 Å². The second-order valence-corrected chi connectivity index (χ2v) is 6.53. The predicted molar refractivity (Wildman–Crippen MR) is 72.7 cm³/mol. The molecule has 0 amide bonds. The number of hydrogen-bond acceptors (Lipinski definition) is 3. The second-order valence-electron chi connectivity index (χ2n) is 4.72. The quantitative estimate of drug-likeness (QED) is 0.816. The lowest BCUT2D eigenvalue weighted by Crippen LogP contribution is -2.31. The SMILES string of the molecule is O=S(=O)(Cc1ccccc1)NCC[C@H]1CCCN1. The summed E-state index contributed by atoms with van der Waals surface area (Å²) in [5, 5.41) is 3.36. The van der Waals surface area contributed by atoms with Crippen LogP contribution in [-0.4, -0.2) is 27.5 Å². The Morgan fingerprint density at radius 1 is 1.28 bits per heavy atom. The molecular formula is C13H20N2O2S. The highest BCUT2D eigenvalue weighted by Gasteiger charge is 2.15. The first kappa shape index (κ1) is 13.5. The van der Waals surface area contributed by atoms with Gasteiger partial charge in [-0.1, -0.05) is 30.3 Å². The molecule has 0 aromatic heterocycles. The molecule has 1 aromatic carbocycles. The Bertz CT molecular complexity index is 453. The fraction of sp³-hybridized carbons (Fsp3) is 0.538. The standard InChI is InChI=1S/C13H20N2O2S/c16-18(17,11-12-5-2-1-3-6-12)15-10-8-13-7-4-9-14-13/h1-3,5-6,13-15H,4,7-11H2/t13-/m1/s1. The van der Waals surface area contributed by atoms with Gasteiger partial charge in [0.25, 0.3) is 0 Å². The first-order chi connectivity index (χ1) is 8.66. The van der Waals surface area contributed by atoms with Crippen LogP contribution in [0.5, 0.6) is 0 Å². The number of nitrogens with one attached hydrogen (secondary N) is 2. The Kier molecular flexibility index (Phi) is 4.74. The highest BCUT2D eigenvalue weighted by atomic mass is 32.2. The zero-order valence-electron chi connectivity index (χ0n) is 10.4. The molecule has 2 N–H and O–H groups in total. The van der Waals surface area contributed by atoms with Gasteiger partial charge < -0.3 is 5.32 Å². The monoisotopic (exact) mass is 268 g/mol. The number of hydrogen-bond donors (Lipinski definition) is 2. The van der Waals surface area contributed by atoms with Crippen LogP contribution in [0.15, 0.2) is 30.3 Å². The van der Waals surface area contributed by atoms with Crippen molar-refractivity contribution in [1.29, 1.82) is 0 Å². The number of rotatable bonds is 6. The van der Waals surface area contributed by atoms with E-state index in [1.165, 1.54) is 6.42 Å². The smallest absolute Gasteiger partial charge is 0.215 e. The van der Waals surface area contributed by atoms with Crippen LogP contribution in [0.3, 0.4) is 0 Å². The molecule has 0 unspecified atom stereocenters. The van der Waals surface area contributed by atoms with E-state index in [0.717, 1.165) is 24.9 Å². The van der Waals surface area contributed by atoms with E-state index in [-0.39, 0.29) is 5.75 Å². The third-order valence-corrected chi connectivity index (χ3v) is 4.53. The average molecular weight is 268 g/mol. The summed E-state index contributed by atoms with van der Waals surface area (Å²) < 4.78 is 26.4. The molecule has 0 spiro atoms. The molecule has 100 valence electrons. The van der Waals surface area contributed by atoms with Gasteiger partial charge in [-0.15, -0.1) is 0 Å². The first-order valence-electron chi connectivity index (χ1n) is 6.40.